The van der Waals surface area contributed by atoms with Crippen molar-refractivity contribution in [2.75, 3.05) is 31.1 Å². The highest BCUT2D eigenvalue weighted by molar-refractivity contribution is 7.89. The summed E-state index contributed by atoms with van der Waals surface area (Å²) in [5.41, 5.74) is -0.909. The second kappa shape index (κ2) is 9.17. The van der Waals surface area contributed by atoms with Crippen molar-refractivity contribution in [2.24, 2.45) is 0 Å². The molecule has 0 spiro atoms. The van der Waals surface area contributed by atoms with Crippen LogP contribution >= 0.6 is 0 Å². The van der Waals surface area contributed by atoms with Gasteiger partial charge in [-0.25, -0.2) is 18.1 Å². The maximum Gasteiger partial charge on any atom is 0.416 e. The van der Waals surface area contributed by atoms with Crippen molar-refractivity contribution in [3.8, 4) is 5.88 Å². The maximum atomic E-state index is 12.6. The number of aromatic nitrogens is 2. The second-order valence-electron chi connectivity index (χ2n) is 6.93. The van der Waals surface area contributed by atoms with Gasteiger partial charge in [0.1, 0.15) is 18.2 Å². The third kappa shape index (κ3) is 5.82. The quantitative estimate of drug-likeness (QED) is 0.661. The van der Waals surface area contributed by atoms with Crippen molar-refractivity contribution in [3.05, 3.63) is 41.7 Å². The fraction of sp³-hybridized carbons (Fsp3) is 0.474. The van der Waals surface area contributed by atoms with E-state index in [1.54, 1.807) is 13.0 Å². The summed E-state index contributed by atoms with van der Waals surface area (Å²) in [4.78, 5) is 10.6. The SMILES string of the molecule is Cc1nc(OCCNS(=O)(=O)c2ccc(C(F)(F)F)cc2)cc(N2CCCCC2)n1. The van der Waals surface area contributed by atoms with Crippen LogP contribution in [0.3, 0.4) is 0 Å². The maximum absolute atomic E-state index is 12.6. The molecule has 0 radical (unpaired) electrons. The van der Waals surface area contributed by atoms with Crippen molar-refractivity contribution in [1.82, 2.24) is 14.7 Å². The number of rotatable bonds is 7. The molecule has 1 aromatic heterocycles. The normalized spacial score (nSPS) is 15.3. The molecule has 0 saturated carbocycles. The molecule has 1 aromatic carbocycles. The molecule has 2 aromatic rings. The zero-order chi connectivity index (χ0) is 21.8. The third-order valence-electron chi connectivity index (χ3n) is 4.62. The molecule has 0 atom stereocenters. The summed E-state index contributed by atoms with van der Waals surface area (Å²) in [6, 6.07) is 5.03. The molecular weight excluding hydrogens is 421 g/mol. The predicted octanol–water partition coefficient (Wildman–Crippen LogP) is 3.15. The lowest BCUT2D eigenvalue weighted by atomic mass is 10.1. The van der Waals surface area contributed by atoms with Gasteiger partial charge < -0.3 is 9.64 Å². The van der Waals surface area contributed by atoms with E-state index in [1.807, 2.05) is 0 Å². The highest BCUT2D eigenvalue weighted by atomic mass is 32.2. The van der Waals surface area contributed by atoms with E-state index in [0.717, 1.165) is 56.0 Å². The first-order valence-electron chi connectivity index (χ1n) is 9.55. The van der Waals surface area contributed by atoms with Gasteiger partial charge in [-0.05, 0) is 50.5 Å². The number of hydrogen-bond donors (Lipinski definition) is 1. The van der Waals surface area contributed by atoms with Gasteiger partial charge in [0.25, 0.3) is 0 Å². The Morgan fingerprint density at radius 3 is 2.40 bits per heavy atom. The number of ether oxygens (including phenoxy) is 1. The van der Waals surface area contributed by atoms with Crippen molar-refractivity contribution in [1.29, 1.82) is 0 Å². The predicted molar refractivity (Wildman–Crippen MR) is 105 cm³/mol. The molecule has 0 amide bonds. The fourth-order valence-corrected chi connectivity index (χ4v) is 4.14. The molecule has 164 valence electrons. The molecule has 30 heavy (non-hydrogen) atoms. The van der Waals surface area contributed by atoms with Crippen molar-refractivity contribution in [2.45, 2.75) is 37.3 Å². The van der Waals surface area contributed by atoms with E-state index >= 15 is 0 Å². The minimum atomic E-state index is -4.52. The van der Waals surface area contributed by atoms with Crippen LogP contribution in [0, 0.1) is 6.92 Å². The molecule has 1 aliphatic rings. The van der Waals surface area contributed by atoms with Crippen LogP contribution in [0.25, 0.3) is 0 Å². The van der Waals surface area contributed by atoms with E-state index < -0.39 is 21.8 Å². The van der Waals surface area contributed by atoms with Gasteiger partial charge in [-0.2, -0.15) is 18.2 Å². The Bertz CT molecular complexity index is 960. The Labute approximate surface area is 173 Å². The zero-order valence-electron chi connectivity index (χ0n) is 16.4. The standard InChI is InChI=1S/C19H23F3N4O3S/c1-14-24-17(26-10-3-2-4-11-26)13-18(25-14)29-12-9-23-30(27,28)16-7-5-15(6-8-16)19(20,21)22/h5-8,13,23H,2-4,9-12H2,1H3. The lowest BCUT2D eigenvalue weighted by Crippen LogP contribution is -2.30. The average Bonchev–Trinajstić information content (AvgIpc) is 2.71. The van der Waals surface area contributed by atoms with Gasteiger partial charge in [0.15, 0.2) is 0 Å². The number of alkyl halides is 3. The third-order valence-corrected chi connectivity index (χ3v) is 6.09. The molecule has 0 bridgehead atoms. The Kier molecular flexibility index (Phi) is 6.81. The van der Waals surface area contributed by atoms with E-state index in [9.17, 15) is 21.6 Å². The number of hydrogen-bond acceptors (Lipinski definition) is 6. The van der Waals surface area contributed by atoms with Gasteiger partial charge in [-0.15, -0.1) is 0 Å². The molecule has 2 heterocycles. The molecule has 1 saturated heterocycles. The highest BCUT2D eigenvalue weighted by Crippen LogP contribution is 2.29. The van der Waals surface area contributed by atoms with Gasteiger partial charge >= 0.3 is 6.18 Å². The summed E-state index contributed by atoms with van der Waals surface area (Å²) in [5, 5.41) is 0. The summed E-state index contributed by atoms with van der Waals surface area (Å²) in [6.45, 7) is 3.54. The van der Waals surface area contributed by atoms with Crippen LogP contribution in [0.15, 0.2) is 35.2 Å². The van der Waals surface area contributed by atoms with Crippen LogP contribution in [0.4, 0.5) is 19.0 Å². The van der Waals surface area contributed by atoms with Gasteiger partial charge in [0, 0.05) is 25.7 Å². The van der Waals surface area contributed by atoms with Crippen molar-refractivity contribution in [3.63, 3.8) is 0 Å². The number of nitrogens with one attached hydrogen (secondary N) is 1. The van der Waals surface area contributed by atoms with E-state index in [1.165, 1.54) is 6.42 Å². The molecule has 1 fully saturated rings. The van der Waals surface area contributed by atoms with E-state index in [0.29, 0.717) is 11.7 Å². The monoisotopic (exact) mass is 444 g/mol. The van der Waals surface area contributed by atoms with Gasteiger partial charge in [0.05, 0.1) is 10.5 Å². The van der Waals surface area contributed by atoms with Crippen molar-refractivity contribution < 1.29 is 26.3 Å². The van der Waals surface area contributed by atoms with Gasteiger partial charge in [0.2, 0.25) is 15.9 Å². The average molecular weight is 444 g/mol. The Morgan fingerprint density at radius 2 is 1.77 bits per heavy atom. The lowest BCUT2D eigenvalue weighted by molar-refractivity contribution is -0.137. The second-order valence-corrected chi connectivity index (χ2v) is 8.69. The van der Waals surface area contributed by atoms with Crippen LogP contribution in [0.5, 0.6) is 5.88 Å². The number of halogens is 3. The summed E-state index contributed by atoms with van der Waals surface area (Å²) in [5.74, 6) is 1.68. The van der Waals surface area contributed by atoms with E-state index in [-0.39, 0.29) is 18.0 Å². The summed E-state index contributed by atoms with van der Waals surface area (Å²) < 4.78 is 70.2. The molecule has 11 heteroatoms. The first kappa shape index (κ1) is 22.3. The lowest BCUT2D eigenvalue weighted by Gasteiger charge is -2.28. The largest absolute Gasteiger partial charge is 0.476 e. The van der Waals surface area contributed by atoms with Crippen LogP contribution in [0.1, 0.15) is 30.7 Å². The first-order valence-corrected chi connectivity index (χ1v) is 11.0. The topological polar surface area (TPSA) is 84.4 Å². The summed E-state index contributed by atoms with van der Waals surface area (Å²) in [6.07, 6.45) is -1.12. The van der Waals surface area contributed by atoms with Crippen molar-refractivity contribution >= 4 is 15.8 Å². The van der Waals surface area contributed by atoms with Gasteiger partial charge in [-0.3, -0.25) is 0 Å². The molecule has 0 unspecified atom stereocenters. The number of aryl methyl sites for hydroxylation is 1. The first-order chi connectivity index (χ1) is 14.1. The molecule has 7 nitrogen and oxygen atoms in total. The molecule has 3 rings (SSSR count). The minimum Gasteiger partial charge on any atom is -0.476 e. The molecule has 0 aliphatic carbocycles. The van der Waals surface area contributed by atoms with Gasteiger partial charge in [-0.1, -0.05) is 0 Å². The number of anilines is 1. The summed E-state index contributed by atoms with van der Waals surface area (Å²) in [7, 11) is -3.95. The van der Waals surface area contributed by atoms with E-state index in [4.69, 9.17) is 4.74 Å². The highest BCUT2D eigenvalue weighted by Gasteiger charge is 2.30. The Morgan fingerprint density at radius 1 is 1.10 bits per heavy atom. The number of benzene rings is 1. The van der Waals surface area contributed by atoms with Crippen LogP contribution in [-0.2, 0) is 16.2 Å². The molecular formula is C19H23F3N4O3S. The minimum absolute atomic E-state index is 0.00968. The Hall–Kier alpha value is -2.40. The molecule has 1 N–H and O–H groups in total. The number of piperidine rings is 1. The van der Waals surface area contributed by atoms with Crippen LogP contribution in [-0.4, -0.2) is 44.6 Å². The van der Waals surface area contributed by atoms with Crippen LogP contribution < -0.4 is 14.4 Å². The Balaban J connectivity index is 1.55. The zero-order valence-corrected chi connectivity index (χ0v) is 17.3. The van der Waals surface area contributed by atoms with Crippen LogP contribution in [0.2, 0.25) is 0 Å². The number of nitrogens with zero attached hydrogens (tertiary/aromatic N) is 3. The smallest absolute Gasteiger partial charge is 0.416 e. The summed E-state index contributed by atoms with van der Waals surface area (Å²) >= 11 is 0. The fourth-order valence-electron chi connectivity index (χ4n) is 3.12. The van der Waals surface area contributed by atoms with E-state index in [2.05, 4.69) is 19.6 Å². The molecule has 1 aliphatic heterocycles. The number of sulfonamides is 1.